The first-order valence-electron chi connectivity index (χ1n) is 6.47. The van der Waals surface area contributed by atoms with E-state index in [1.807, 2.05) is 12.1 Å². The van der Waals surface area contributed by atoms with Crippen LogP contribution in [0.5, 0.6) is 0 Å². The number of benzene rings is 2. The van der Waals surface area contributed by atoms with E-state index in [4.69, 9.17) is 17.3 Å². The fourth-order valence-electron chi connectivity index (χ4n) is 2.25. The lowest BCUT2D eigenvalue weighted by Crippen LogP contribution is -2.20. The van der Waals surface area contributed by atoms with Crippen LogP contribution in [0, 0.1) is 11.7 Å². The Labute approximate surface area is 132 Å². The van der Waals surface area contributed by atoms with Gasteiger partial charge in [0.1, 0.15) is 5.82 Å². The summed E-state index contributed by atoms with van der Waals surface area (Å²) in [5.74, 6) is -0.0284. The number of halogens is 3. The highest BCUT2D eigenvalue weighted by molar-refractivity contribution is 9.10. The molecule has 1 atom stereocenters. The molecule has 0 spiro atoms. The Bertz CT molecular complexity index is 588. The van der Waals surface area contributed by atoms with Crippen molar-refractivity contribution in [3.63, 3.8) is 0 Å². The average molecular weight is 357 g/mol. The van der Waals surface area contributed by atoms with Crippen LogP contribution in [0.15, 0.2) is 46.9 Å². The molecule has 0 aromatic heterocycles. The van der Waals surface area contributed by atoms with E-state index in [1.54, 1.807) is 12.1 Å². The maximum atomic E-state index is 13.8. The molecule has 0 amide bonds. The summed E-state index contributed by atoms with van der Waals surface area (Å²) in [5, 5.41) is 0.555. The molecule has 1 unspecified atom stereocenters. The van der Waals surface area contributed by atoms with Crippen LogP contribution < -0.4 is 5.73 Å². The maximum absolute atomic E-state index is 13.8. The van der Waals surface area contributed by atoms with Gasteiger partial charge in [-0.1, -0.05) is 39.7 Å². The number of nitrogens with two attached hydrogens (primary N) is 1. The quantitative estimate of drug-likeness (QED) is 0.832. The van der Waals surface area contributed by atoms with Gasteiger partial charge in [0.25, 0.3) is 0 Å². The lowest BCUT2D eigenvalue weighted by atomic mass is 9.92. The van der Waals surface area contributed by atoms with Crippen LogP contribution in [0.3, 0.4) is 0 Å². The van der Waals surface area contributed by atoms with Crippen molar-refractivity contribution in [2.45, 2.75) is 12.8 Å². The molecule has 0 saturated carbocycles. The molecule has 20 heavy (non-hydrogen) atoms. The zero-order valence-corrected chi connectivity index (χ0v) is 13.3. The highest BCUT2D eigenvalue weighted by atomic mass is 79.9. The minimum absolute atomic E-state index is 0.192. The minimum Gasteiger partial charge on any atom is -0.330 e. The van der Waals surface area contributed by atoms with Crippen molar-refractivity contribution in [1.82, 2.24) is 0 Å². The summed E-state index contributed by atoms with van der Waals surface area (Å²) in [7, 11) is 0. The summed E-state index contributed by atoms with van der Waals surface area (Å²) in [5.41, 5.74) is 7.65. The standard InChI is InChI=1S/C16H16BrClFN/c17-14-3-1-2-11(8-14)6-12(10-20)7-13-9-15(18)4-5-16(13)19/h1-5,8-9,12H,6-7,10,20H2. The zero-order chi connectivity index (χ0) is 14.5. The van der Waals surface area contributed by atoms with Crippen LogP contribution in [-0.4, -0.2) is 6.54 Å². The molecule has 2 aromatic rings. The van der Waals surface area contributed by atoms with Gasteiger partial charge in [-0.2, -0.15) is 0 Å². The van der Waals surface area contributed by atoms with Gasteiger partial charge in [-0.3, -0.25) is 0 Å². The summed E-state index contributed by atoms with van der Waals surface area (Å²) >= 11 is 9.37. The van der Waals surface area contributed by atoms with Gasteiger partial charge in [0.2, 0.25) is 0 Å². The van der Waals surface area contributed by atoms with Crippen molar-refractivity contribution in [1.29, 1.82) is 0 Å². The lowest BCUT2D eigenvalue weighted by Gasteiger charge is -2.16. The molecule has 4 heteroatoms. The van der Waals surface area contributed by atoms with Gasteiger partial charge < -0.3 is 5.73 Å². The van der Waals surface area contributed by atoms with E-state index in [0.717, 1.165) is 10.9 Å². The second-order valence-electron chi connectivity index (χ2n) is 4.88. The number of rotatable bonds is 5. The summed E-state index contributed by atoms with van der Waals surface area (Å²) in [6.07, 6.45) is 1.41. The van der Waals surface area contributed by atoms with E-state index in [0.29, 0.717) is 23.6 Å². The Hall–Kier alpha value is -0.900. The van der Waals surface area contributed by atoms with Gasteiger partial charge in [-0.25, -0.2) is 4.39 Å². The Balaban J connectivity index is 2.11. The first-order valence-corrected chi connectivity index (χ1v) is 7.64. The molecule has 0 heterocycles. The molecule has 0 radical (unpaired) electrons. The van der Waals surface area contributed by atoms with Crippen molar-refractivity contribution in [3.05, 3.63) is 68.9 Å². The lowest BCUT2D eigenvalue weighted by molar-refractivity contribution is 0.512. The maximum Gasteiger partial charge on any atom is 0.126 e. The van der Waals surface area contributed by atoms with E-state index in [9.17, 15) is 4.39 Å². The molecule has 1 nitrogen and oxygen atoms in total. The van der Waals surface area contributed by atoms with Gasteiger partial charge in [0.05, 0.1) is 0 Å². The summed E-state index contributed by atoms with van der Waals surface area (Å²) in [6, 6.07) is 12.8. The highest BCUT2D eigenvalue weighted by Gasteiger charge is 2.12. The van der Waals surface area contributed by atoms with E-state index in [1.165, 1.54) is 11.6 Å². The van der Waals surface area contributed by atoms with Crippen molar-refractivity contribution in [2.75, 3.05) is 6.54 Å². The predicted octanol–water partition coefficient (Wildman–Crippen LogP) is 4.60. The van der Waals surface area contributed by atoms with Crippen LogP contribution in [0.25, 0.3) is 0 Å². The van der Waals surface area contributed by atoms with Crippen molar-refractivity contribution in [3.8, 4) is 0 Å². The molecule has 2 aromatic carbocycles. The van der Waals surface area contributed by atoms with Gasteiger partial charge in [0.15, 0.2) is 0 Å². The zero-order valence-electron chi connectivity index (χ0n) is 11.0. The minimum atomic E-state index is -0.220. The topological polar surface area (TPSA) is 26.0 Å². The Morgan fingerprint density at radius 3 is 2.65 bits per heavy atom. The SMILES string of the molecule is NCC(Cc1cccc(Br)c1)Cc1cc(Cl)ccc1F. The largest absolute Gasteiger partial charge is 0.330 e. The van der Waals surface area contributed by atoms with Crippen LogP contribution in [0.4, 0.5) is 4.39 Å². The molecule has 106 valence electrons. The first kappa shape index (κ1) is 15.5. The van der Waals surface area contributed by atoms with Crippen molar-refractivity contribution in [2.24, 2.45) is 11.7 Å². The van der Waals surface area contributed by atoms with Crippen LogP contribution >= 0.6 is 27.5 Å². The Kier molecular flexibility index (Phi) is 5.58. The second-order valence-corrected chi connectivity index (χ2v) is 6.23. The van der Waals surface area contributed by atoms with Gasteiger partial charge in [-0.15, -0.1) is 0 Å². The van der Waals surface area contributed by atoms with Crippen molar-refractivity contribution >= 4 is 27.5 Å². The molecule has 0 saturated heterocycles. The molecule has 2 N–H and O–H groups in total. The fourth-order valence-corrected chi connectivity index (χ4v) is 2.89. The third kappa shape index (κ3) is 4.30. The molecule has 0 aliphatic heterocycles. The van der Waals surface area contributed by atoms with Gasteiger partial charge in [0, 0.05) is 9.50 Å². The molecular formula is C16H16BrClFN. The molecule has 0 aliphatic carbocycles. The molecule has 0 fully saturated rings. The van der Waals surface area contributed by atoms with E-state index >= 15 is 0 Å². The summed E-state index contributed by atoms with van der Waals surface area (Å²) in [6.45, 7) is 0.512. The third-order valence-electron chi connectivity index (χ3n) is 3.26. The normalized spacial score (nSPS) is 12.4. The van der Waals surface area contributed by atoms with Crippen LogP contribution in [0.2, 0.25) is 5.02 Å². The van der Waals surface area contributed by atoms with E-state index in [-0.39, 0.29) is 11.7 Å². The number of hydrogen-bond acceptors (Lipinski definition) is 1. The Morgan fingerprint density at radius 2 is 1.95 bits per heavy atom. The second kappa shape index (κ2) is 7.21. The van der Waals surface area contributed by atoms with Crippen LogP contribution in [-0.2, 0) is 12.8 Å². The predicted molar refractivity (Wildman–Crippen MR) is 85.5 cm³/mol. The number of hydrogen-bond donors (Lipinski definition) is 1. The average Bonchev–Trinajstić information content (AvgIpc) is 2.42. The molecule has 2 rings (SSSR count). The van der Waals surface area contributed by atoms with Crippen LogP contribution in [0.1, 0.15) is 11.1 Å². The molecular weight excluding hydrogens is 341 g/mol. The third-order valence-corrected chi connectivity index (χ3v) is 3.99. The van der Waals surface area contributed by atoms with E-state index in [2.05, 4.69) is 28.1 Å². The molecule has 0 aliphatic rings. The Morgan fingerprint density at radius 1 is 1.15 bits per heavy atom. The summed E-state index contributed by atoms with van der Waals surface area (Å²) < 4.78 is 14.8. The smallest absolute Gasteiger partial charge is 0.126 e. The highest BCUT2D eigenvalue weighted by Crippen LogP contribution is 2.21. The van der Waals surface area contributed by atoms with Crippen molar-refractivity contribution < 1.29 is 4.39 Å². The molecule has 0 bridgehead atoms. The summed E-state index contributed by atoms with van der Waals surface area (Å²) in [4.78, 5) is 0. The first-order chi connectivity index (χ1) is 9.58. The monoisotopic (exact) mass is 355 g/mol. The van der Waals surface area contributed by atoms with Gasteiger partial charge in [-0.05, 0) is 66.8 Å². The van der Waals surface area contributed by atoms with E-state index < -0.39 is 0 Å². The fraction of sp³-hybridized carbons (Fsp3) is 0.250. The van der Waals surface area contributed by atoms with Gasteiger partial charge >= 0.3 is 0 Å².